The molecule has 0 aliphatic heterocycles. The highest BCUT2D eigenvalue weighted by atomic mass is 19.3. The van der Waals surface area contributed by atoms with Crippen LogP contribution in [0.4, 0.5) is 32.3 Å². The first kappa shape index (κ1) is 21.0. The summed E-state index contributed by atoms with van der Waals surface area (Å²) in [6.45, 7) is 4.75. The standard InChI is InChI=1S/C18H16F6N4O/c1-16(2,3)28-14-12(20)8(7-25)4-10(19)13(14)27-15(28)26-11(29)5-9-6-17(21,22)18(9,23)24/h4,9H,5-6H2,1-3H3,(H,26,27,29). The number of carbonyl (C=O) groups excluding carboxylic acids is 1. The molecule has 2 aromatic rings. The van der Waals surface area contributed by atoms with Crippen LogP contribution in [0.1, 0.15) is 39.2 Å². The highest BCUT2D eigenvalue weighted by molar-refractivity contribution is 5.92. The van der Waals surface area contributed by atoms with Crippen LogP contribution in [0.5, 0.6) is 0 Å². The minimum absolute atomic E-state index is 0.347. The molecule has 11 heteroatoms. The molecule has 1 atom stereocenters. The number of nitriles is 1. The average molecular weight is 418 g/mol. The normalized spacial score (nSPS) is 20.2. The molecule has 0 bridgehead atoms. The molecule has 1 aliphatic rings. The monoisotopic (exact) mass is 418 g/mol. The molecule has 5 nitrogen and oxygen atoms in total. The number of hydrogen-bond donors (Lipinski definition) is 1. The Kier molecular flexibility index (Phi) is 4.60. The Hall–Kier alpha value is -2.77. The fourth-order valence-electron chi connectivity index (χ4n) is 3.33. The fourth-order valence-corrected chi connectivity index (χ4v) is 3.33. The van der Waals surface area contributed by atoms with E-state index in [0.29, 0.717) is 6.07 Å². The molecule has 3 rings (SSSR count). The molecule has 1 amide bonds. The number of hydrogen-bond acceptors (Lipinski definition) is 3. The minimum Gasteiger partial charge on any atom is -0.302 e. The van der Waals surface area contributed by atoms with Crippen LogP contribution in [-0.4, -0.2) is 27.3 Å². The molecule has 0 saturated heterocycles. The van der Waals surface area contributed by atoms with Crippen molar-refractivity contribution in [3.63, 3.8) is 0 Å². The second-order valence-corrected chi connectivity index (χ2v) is 7.95. The van der Waals surface area contributed by atoms with Crippen LogP contribution in [0.25, 0.3) is 11.0 Å². The molecule has 1 aliphatic carbocycles. The van der Waals surface area contributed by atoms with E-state index in [1.165, 1.54) is 6.07 Å². The van der Waals surface area contributed by atoms with Gasteiger partial charge in [0, 0.05) is 24.3 Å². The number of imidazole rings is 1. The number of alkyl halides is 4. The van der Waals surface area contributed by atoms with E-state index in [1.807, 2.05) is 0 Å². The van der Waals surface area contributed by atoms with Crippen LogP contribution in [0, 0.1) is 28.9 Å². The summed E-state index contributed by atoms with van der Waals surface area (Å²) in [7, 11) is 0. The second kappa shape index (κ2) is 6.37. The zero-order chi connectivity index (χ0) is 21.9. The molecule has 0 radical (unpaired) electrons. The van der Waals surface area contributed by atoms with E-state index in [2.05, 4.69) is 10.3 Å². The number of carbonyl (C=O) groups is 1. The lowest BCUT2D eigenvalue weighted by Crippen LogP contribution is -2.59. The average Bonchev–Trinajstić information content (AvgIpc) is 2.97. The van der Waals surface area contributed by atoms with Crippen molar-refractivity contribution in [1.29, 1.82) is 5.26 Å². The molecule has 1 heterocycles. The highest BCUT2D eigenvalue weighted by Crippen LogP contribution is 2.56. The van der Waals surface area contributed by atoms with Gasteiger partial charge in [0.25, 0.3) is 0 Å². The summed E-state index contributed by atoms with van der Waals surface area (Å²) in [5.74, 6) is -13.8. The van der Waals surface area contributed by atoms with Gasteiger partial charge in [-0.3, -0.25) is 10.1 Å². The number of aromatic nitrogens is 2. The van der Waals surface area contributed by atoms with Crippen molar-refractivity contribution < 1.29 is 31.1 Å². The smallest absolute Gasteiger partial charge is 0.302 e. The first-order valence-corrected chi connectivity index (χ1v) is 8.57. The summed E-state index contributed by atoms with van der Waals surface area (Å²) >= 11 is 0. The van der Waals surface area contributed by atoms with Gasteiger partial charge >= 0.3 is 11.8 Å². The Morgan fingerprint density at radius 1 is 1.34 bits per heavy atom. The van der Waals surface area contributed by atoms with Crippen LogP contribution < -0.4 is 5.32 Å². The maximum Gasteiger partial charge on any atom is 0.313 e. The lowest BCUT2D eigenvalue weighted by atomic mass is 9.74. The van der Waals surface area contributed by atoms with Crippen LogP contribution in [0.2, 0.25) is 0 Å². The van der Waals surface area contributed by atoms with Gasteiger partial charge in [-0.05, 0) is 26.8 Å². The van der Waals surface area contributed by atoms with Crippen molar-refractivity contribution in [3.05, 3.63) is 23.3 Å². The van der Waals surface area contributed by atoms with Gasteiger partial charge in [-0.1, -0.05) is 0 Å². The van der Waals surface area contributed by atoms with E-state index in [9.17, 15) is 31.1 Å². The molecule has 29 heavy (non-hydrogen) atoms. The Morgan fingerprint density at radius 3 is 2.45 bits per heavy atom. The number of nitrogens with one attached hydrogen (secondary N) is 1. The maximum absolute atomic E-state index is 14.7. The maximum atomic E-state index is 14.7. The van der Waals surface area contributed by atoms with E-state index < -0.39 is 64.8 Å². The predicted molar refractivity (Wildman–Crippen MR) is 90.6 cm³/mol. The summed E-state index contributed by atoms with van der Waals surface area (Å²) < 4.78 is 82.9. The van der Waals surface area contributed by atoms with Gasteiger partial charge < -0.3 is 4.57 Å². The van der Waals surface area contributed by atoms with Gasteiger partial charge in [0.15, 0.2) is 11.6 Å². The van der Waals surface area contributed by atoms with Crippen LogP contribution in [-0.2, 0) is 10.3 Å². The molecule has 1 fully saturated rings. The zero-order valence-corrected chi connectivity index (χ0v) is 15.6. The van der Waals surface area contributed by atoms with E-state index in [-0.39, 0.29) is 11.5 Å². The molecule has 1 unspecified atom stereocenters. The van der Waals surface area contributed by atoms with E-state index in [0.717, 1.165) is 4.57 Å². The van der Waals surface area contributed by atoms with Crippen LogP contribution >= 0.6 is 0 Å². The van der Waals surface area contributed by atoms with Gasteiger partial charge in [-0.2, -0.15) is 22.8 Å². The fraction of sp³-hybridized carbons (Fsp3) is 0.500. The van der Waals surface area contributed by atoms with Gasteiger partial charge in [0.1, 0.15) is 17.1 Å². The third-order valence-electron chi connectivity index (χ3n) is 4.80. The van der Waals surface area contributed by atoms with Crippen LogP contribution in [0.15, 0.2) is 6.07 Å². The predicted octanol–water partition coefficient (Wildman–Crippen LogP) is 4.56. The second-order valence-electron chi connectivity index (χ2n) is 7.95. The van der Waals surface area contributed by atoms with Crippen LogP contribution in [0.3, 0.4) is 0 Å². The van der Waals surface area contributed by atoms with Crippen molar-refractivity contribution in [3.8, 4) is 6.07 Å². The van der Waals surface area contributed by atoms with Gasteiger partial charge in [0.2, 0.25) is 11.9 Å². The molecule has 0 spiro atoms. The molecule has 1 aromatic heterocycles. The van der Waals surface area contributed by atoms with Crippen molar-refractivity contribution in [2.45, 2.75) is 51.0 Å². The number of fused-ring (bicyclic) bond motifs is 1. The number of amides is 1. The number of nitrogens with zero attached hydrogens (tertiary/aromatic N) is 3. The number of benzene rings is 1. The first-order chi connectivity index (χ1) is 13.2. The Balaban J connectivity index is 2.00. The molecular formula is C18H16F6N4O. The SMILES string of the molecule is CC(C)(C)n1c(NC(=O)CC2CC(F)(F)C2(F)F)nc2c(F)cc(C#N)c(F)c21. The highest BCUT2D eigenvalue weighted by Gasteiger charge is 2.71. The van der Waals surface area contributed by atoms with E-state index in [1.54, 1.807) is 20.8 Å². The van der Waals surface area contributed by atoms with Crippen molar-refractivity contribution >= 4 is 22.9 Å². The summed E-state index contributed by atoms with van der Waals surface area (Å²) in [4.78, 5) is 16.0. The van der Waals surface area contributed by atoms with Crippen molar-refractivity contribution in [1.82, 2.24) is 9.55 Å². The summed E-state index contributed by atoms with van der Waals surface area (Å²) in [6.07, 6.45) is -2.05. The van der Waals surface area contributed by atoms with Gasteiger partial charge in [0.05, 0.1) is 5.56 Å². The summed E-state index contributed by atoms with van der Waals surface area (Å²) in [5.41, 5.74) is -2.39. The van der Waals surface area contributed by atoms with E-state index >= 15 is 0 Å². The quantitative estimate of drug-likeness (QED) is 0.743. The Morgan fingerprint density at radius 2 is 1.97 bits per heavy atom. The summed E-state index contributed by atoms with van der Waals surface area (Å²) in [5, 5.41) is 11.2. The molecule has 1 saturated carbocycles. The van der Waals surface area contributed by atoms with Crippen molar-refractivity contribution in [2.75, 3.05) is 5.32 Å². The number of halogens is 6. The lowest BCUT2D eigenvalue weighted by molar-refractivity contribution is -0.313. The third-order valence-corrected chi connectivity index (χ3v) is 4.80. The lowest BCUT2D eigenvalue weighted by Gasteiger charge is -2.43. The topological polar surface area (TPSA) is 70.7 Å². The third kappa shape index (κ3) is 3.20. The molecule has 1 N–H and O–H groups in total. The zero-order valence-electron chi connectivity index (χ0n) is 15.6. The Labute approximate surface area is 161 Å². The number of rotatable bonds is 3. The van der Waals surface area contributed by atoms with Gasteiger partial charge in [-0.25, -0.2) is 13.8 Å². The molecule has 1 aromatic carbocycles. The van der Waals surface area contributed by atoms with Gasteiger partial charge in [-0.15, -0.1) is 0 Å². The summed E-state index contributed by atoms with van der Waals surface area (Å²) in [6, 6.07) is 2.17. The number of anilines is 1. The molecule has 156 valence electrons. The molecular weight excluding hydrogens is 402 g/mol. The first-order valence-electron chi connectivity index (χ1n) is 8.57. The largest absolute Gasteiger partial charge is 0.313 e. The van der Waals surface area contributed by atoms with E-state index in [4.69, 9.17) is 5.26 Å². The Bertz CT molecular complexity index is 1050. The minimum atomic E-state index is -4.31. The van der Waals surface area contributed by atoms with Crippen molar-refractivity contribution in [2.24, 2.45) is 5.92 Å².